The zero-order valence-corrected chi connectivity index (χ0v) is 11.7. The van der Waals surface area contributed by atoms with E-state index in [0.29, 0.717) is 0 Å². The van der Waals surface area contributed by atoms with Crippen molar-refractivity contribution in [3.8, 4) is 0 Å². The van der Waals surface area contributed by atoms with E-state index in [2.05, 4.69) is 9.46 Å². The van der Waals surface area contributed by atoms with Gasteiger partial charge in [-0.05, 0) is 26.0 Å². The Bertz CT molecular complexity index is 594. The lowest BCUT2D eigenvalue weighted by molar-refractivity contribution is -0.139. The van der Waals surface area contributed by atoms with Gasteiger partial charge in [0.05, 0.1) is 12.8 Å². The number of benzene rings is 1. The molecule has 0 bridgehead atoms. The third-order valence-corrected chi connectivity index (χ3v) is 4.18. The quantitative estimate of drug-likeness (QED) is 0.648. The number of sulfonamides is 1. The maximum Gasteiger partial charge on any atom is 0.325 e. The third-order valence-electron chi connectivity index (χ3n) is 2.56. The number of hydrogen-bond donors (Lipinski definition) is 1. The Kier molecular flexibility index (Phi) is 4.66. The molecule has 0 heterocycles. The van der Waals surface area contributed by atoms with Crippen molar-refractivity contribution in [1.29, 1.82) is 0 Å². The second-order valence-electron chi connectivity index (χ2n) is 3.91. The molecule has 1 atom stereocenters. The second-order valence-corrected chi connectivity index (χ2v) is 5.92. The molecule has 0 aromatic heterocycles. The first-order chi connectivity index (χ1) is 8.79. The van der Waals surface area contributed by atoms with Gasteiger partial charge in [0.1, 0.15) is 0 Å². The largest absolute Gasteiger partial charge is 0.468 e. The number of hydrogen-bond acceptors (Lipinski definition) is 5. The Labute approximate surface area is 111 Å². The first-order valence-corrected chi connectivity index (χ1v) is 7.03. The van der Waals surface area contributed by atoms with E-state index in [1.807, 2.05) is 0 Å². The summed E-state index contributed by atoms with van der Waals surface area (Å²) in [7, 11) is -2.85. The molecule has 19 heavy (non-hydrogen) atoms. The van der Waals surface area contributed by atoms with E-state index in [-0.39, 0.29) is 17.0 Å². The maximum absolute atomic E-state index is 12.0. The molecule has 0 radical (unpaired) electrons. The third kappa shape index (κ3) is 3.54. The number of carbonyl (C=O) groups excluding carboxylic acids is 2. The van der Waals surface area contributed by atoms with Crippen LogP contribution in [0.5, 0.6) is 0 Å². The Morgan fingerprint density at radius 2 is 1.84 bits per heavy atom. The number of ketones is 1. The molecule has 0 aliphatic carbocycles. The van der Waals surface area contributed by atoms with Gasteiger partial charge in [0.15, 0.2) is 11.0 Å². The van der Waals surface area contributed by atoms with Crippen molar-refractivity contribution in [2.24, 2.45) is 0 Å². The topological polar surface area (TPSA) is 89.5 Å². The number of Topliss-reactive ketones (excluding diaryl/α,β-unsaturated/α-hetero) is 1. The summed E-state index contributed by atoms with van der Waals surface area (Å²) in [5.74, 6) is -1.14. The maximum atomic E-state index is 12.0. The highest BCUT2D eigenvalue weighted by molar-refractivity contribution is 7.94. The first kappa shape index (κ1) is 15.2. The smallest absolute Gasteiger partial charge is 0.325 e. The van der Waals surface area contributed by atoms with Crippen LogP contribution in [0.4, 0.5) is 5.69 Å². The molecule has 0 saturated heterocycles. The predicted molar refractivity (Wildman–Crippen MR) is 70.5 cm³/mol. The number of methoxy groups -OCH3 is 1. The predicted octanol–water partition coefficient (Wildman–Crippen LogP) is 1.19. The number of anilines is 1. The molecule has 6 nitrogen and oxygen atoms in total. The molecule has 1 aromatic carbocycles. The van der Waals surface area contributed by atoms with Gasteiger partial charge in [0.25, 0.3) is 0 Å². The molecule has 0 saturated carbocycles. The molecule has 0 aliphatic rings. The molecule has 0 amide bonds. The highest BCUT2D eigenvalue weighted by Crippen LogP contribution is 2.18. The number of ether oxygens (including phenoxy) is 1. The minimum Gasteiger partial charge on any atom is -0.468 e. The molecular formula is C12H15NO5S. The van der Waals surface area contributed by atoms with E-state index in [9.17, 15) is 18.0 Å². The summed E-state index contributed by atoms with van der Waals surface area (Å²) >= 11 is 0. The van der Waals surface area contributed by atoms with Gasteiger partial charge in [-0.3, -0.25) is 14.3 Å². The molecule has 0 fully saturated rings. The molecule has 1 rings (SSSR count). The minimum atomic E-state index is -3.96. The van der Waals surface area contributed by atoms with Crippen molar-refractivity contribution in [2.75, 3.05) is 11.8 Å². The van der Waals surface area contributed by atoms with Gasteiger partial charge >= 0.3 is 5.97 Å². The lowest BCUT2D eigenvalue weighted by Gasteiger charge is -2.14. The average Bonchev–Trinajstić information content (AvgIpc) is 2.36. The SMILES string of the molecule is COC(=O)C(C)S(=O)(=O)Nc1ccccc1C(C)=O. The highest BCUT2D eigenvalue weighted by atomic mass is 32.2. The average molecular weight is 285 g/mol. The molecular weight excluding hydrogens is 270 g/mol. The van der Waals surface area contributed by atoms with Crippen LogP contribution in [0.1, 0.15) is 24.2 Å². The van der Waals surface area contributed by atoms with Crippen LogP contribution in [0, 0.1) is 0 Å². The van der Waals surface area contributed by atoms with Gasteiger partial charge in [-0.25, -0.2) is 8.42 Å². The van der Waals surface area contributed by atoms with Crippen molar-refractivity contribution in [1.82, 2.24) is 0 Å². The van der Waals surface area contributed by atoms with Crippen LogP contribution in [0.2, 0.25) is 0 Å². The zero-order valence-electron chi connectivity index (χ0n) is 10.8. The Morgan fingerprint density at radius 3 is 2.37 bits per heavy atom. The van der Waals surface area contributed by atoms with Gasteiger partial charge in [0.2, 0.25) is 10.0 Å². The van der Waals surface area contributed by atoms with Gasteiger partial charge in [-0.1, -0.05) is 12.1 Å². The van der Waals surface area contributed by atoms with Crippen molar-refractivity contribution < 1.29 is 22.7 Å². The molecule has 1 unspecified atom stereocenters. The van der Waals surface area contributed by atoms with Gasteiger partial charge in [-0.15, -0.1) is 0 Å². The fourth-order valence-corrected chi connectivity index (χ4v) is 2.42. The Morgan fingerprint density at radius 1 is 1.26 bits per heavy atom. The second kappa shape index (κ2) is 5.83. The van der Waals surface area contributed by atoms with Crippen molar-refractivity contribution in [3.63, 3.8) is 0 Å². The highest BCUT2D eigenvalue weighted by Gasteiger charge is 2.29. The Balaban J connectivity index is 3.09. The molecule has 7 heteroatoms. The normalized spacial score (nSPS) is 12.6. The van der Waals surface area contributed by atoms with Gasteiger partial charge in [0, 0.05) is 5.56 Å². The van der Waals surface area contributed by atoms with Crippen LogP contribution >= 0.6 is 0 Å². The summed E-state index contributed by atoms with van der Waals surface area (Å²) < 4.78 is 30.5. The summed E-state index contributed by atoms with van der Waals surface area (Å²) in [6.07, 6.45) is 0. The van der Waals surface area contributed by atoms with Crippen molar-refractivity contribution >= 4 is 27.5 Å². The number of rotatable bonds is 5. The summed E-state index contributed by atoms with van der Waals surface area (Å²) in [6.45, 7) is 2.54. The summed E-state index contributed by atoms with van der Waals surface area (Å²) in [4.78, 5) is 22.6. The van der Waals surface area contributed by atoms with E-state index in [0.717, 1.165) is 7.11 Å². The van der Waals surface area contributed by atoms with E-state index < -0.39 is 21.2 Å². The summed E-state index contributed by atoms with van der Waals surface area (Å²) in [5, 5.41) is -1.36. The molecule has 0 spiro atoms. The number of nitrogens with one attached hydrogen (secondary N) is 1. The zero-order chi connectivity index (χ0) is 14.6. The van der Waals surface area contributed by atoms with Crippen LogP contribution in [-0.2, 0) is 19.6 Å². The van der Waals surface area contributed by atoms with E-state index in [4.69, 9.17) is 0 Å². The lowest BCUT2D eigenvalue weighted by atomic mass is 10.1. The van der Waals surface area contributed by atoms with Gasteiger partial charge in [-0.2, -0.15) is 0 Å². The monoisotopic (exact) mass is 285 g/mol. The Hall–Kier alpha value is -1.89. The number of para-hydroxylation sites is 1. The number of esters is 1. The minimum absolute atomic E-state index is 0.144. The molecule has 1 N–H and O–H groups in total. The first-order valence-electron chi connectivity index (χ1n) is 5.49. The van der Waals surface area contributed by atoms with Crippen molar-refractivity contribution in [3.05, 3.63) is 29.8 Å². The standard InChI is InChI=1S/C12H15NO5S/c1-8(14)10-6-4-5-7-11(10)13-19(16,17)9(2)12(15)18-3/h4-7,9,13H,1-3H3. The van der Waals surface area contributed by atoms with E-state index in [1.165, 1.54) is 26.0 Å². The lowest BCUT2D eigenvalue weighted by Crippen LogP contribution is -2.33. The van der Waals surface area contributed by atoms with Crippen LogP contribution in [0.15, 0.2) is 24.3 Å². The van der Waals surface area contributed by atoms with Gasteiger partial charge < -0.3 is 4.74 Å². The molecule has 104 valence electrons. The fourth-order valence-electron chi connectivity index (χ4n) is 1.41. The summed E-state index contributed by atoms with van der Waals surface area (Å²) in [5.41, 5.74) is 0.383. The van der Waals surface area contributed by atoms with E-state index in [1.54, 1.807) is 12.1 Å². The fraction of sp³-hybridized carbons (Fsp3) is 0.333. The van der Waals surface area contributed by atoms with E-state index >= 15 is 0 Å². The van der Waals surface area contributed by atoms with Crippen LogP contribution in [-0.4, -0.2) is 32.5 Å². The van der Waals surface area contributed by atoms with Crippen LogP contribution in [0.3, 0.4) is 0 Å². The van der Waals surface area contributed by atoms with Crippen LogP contribution in [0.25, 0.3) is 0 Å². The molecule has 0 aliphatic heterocycles. The summed E-state index contributed by atoms with van der Waals surface area (Å²) in [6, 6.07) is 6.17. The van der Waals surface area contributed by atoms with Crippen molar-refractivity contribution in [2.45, 2.75) is 19.1 Å². The number of carbonyl (C=O) groups is 2. The molecule has 1 aromatic rings. The van der Waals surface area contributed by atoms with Crippen LogP contribution < -0.4 is 4.72 Å².